The minimum Gasteiger partial charge on any atom is -0.351 e. The Hall–Kier alpha value is -1.06. The maximum Gasteiger partial charge on any atom is 0.238 e. The summed E-state index contributed by atoms with van der Waals surface area (Å²) in [5, 5.41) is 2.93. The van der Waals surface area contributed by atoms with Gasteiger partial charge in [-0.25, -0.2) is 0 Å². The average Bonchev–Trinajstić information content (AvgIpc) is 3.03. The van der Waals surface area contributed by atoms with Crippen molar-refractivity contribution in [1.82, 2.24) is 10.2 Å². The highest BCUT2D eigenvalue weighted by atomic mass is 16.2. The van der Waals surface area contributed by atoms with Gasteiger partial charge in [-0.05, 0) is 40.0 Å². The van der Waals surface area contributed by atoms with E-state index in [4.69, 9.17) is 0 Å². The number of amides is 2. The van der Waals surface area contributed by atoms with E-state index in [1.807, 2.05) is 20.8 Å². The molecule has 1 N–H and O–H groups in total. The number of hydrogen-bond acceptors (Lipinski definition) is 2. The highest BCUT2D eigenvalue weighted by Gasteiger charge is 2.57. The van der Waals surface area contributed by atoms with Crippen molar-refractivity contribution in [3.8, 4) is 0 Å². The minimum absolute atomic E-state index is 0.0160. The molecule has 18 heavy (non-hydrogen) atoms. The smallest absolute Gasteiger partial charge is 0.238 e. The molecular weight excluding hydrogens is 228 g/mol. The quantitative estimate of drug-likeness (QED) is 0.762. The Balaban J connectivity index is 2.64. The lowest BCUT2D eigenvalue weighted by Gasteiger charge is -2.27. The first kappa shape index (κ1) is 15.0. The van der Waals surface area contributed by atoms with Crippen LogP contribution in [-0.2, 0) is 9.59 Å². The first-order valence-corrected chi connectivity index (χ1v) is 6.81. The van der Waals surface area contributed by atoms with Crippen LogP contribution in [0.1, 0.15) is 53.4 Å². The van der Waals surface area contributed by atoms with Crippen LogP contribution in [0.2, 0.25) is 0 Å². The third-order valence-corrected chi connectivity index (χ3v) is 3.28. The van der Waals surface area contributed by atoms with Crippen LogP contribution in [0.25, 0.3) is 0 Å². The van der Waals surface area contributed by atoms with Gasteiger partial charge in [0.1, 0.15) is 5.41 Å². The van der Waals surface area contributed by atoms with Crippen molar-refractivity contribution in [3.63, 3.8) is 0 Å². The summed E-state index contributed by atoms with van der Waals surface area (Å²) in [6.45, 7) is 8.64. The fourth-order valence-corrected chi connectivity index (χ4v) is 1.99. The monoisotopic (exact) mass is 254 g/mol. The number of carbonyl (C=O) groups is 2. The molecule has 0 heterocycles. The zero-order valence-electron chi connectivity index (χ0n) is 12.3. The summed E-state index contributed by atoms with van der Waals surface area (Å²) in [6, 6.07) is 0. The molecule has 0 unspecified atom stereocenters. The Bertz CT molecular complexity index is 327. The molecule has 0 saturated heterocycles. The van der Waals surface area contributed by atoms with Crippen molar-refractivity contribution in [1.29, 1.82) is 0 Å². The predicted molar refractivity (Wildman–Crippen MR) is 72.1 cm³/mol. The van der Waals surface area contributed by atoms with Crippen molar-refractivity contribution in [2.45, 2.75) is 58.9 Å². The minimum atomic E-state index is -0.768. The zero-order chi connectivity index (χ0) is 14.0. The Morgan fingerprint density at radius 3 is 2.22 bits per heavy atom. The first-order chi connectivity index (χ1) is 8.23. The lowest BCUT2D eigenvalue weighted by atomic mass is 10.0. The van der Waals surface area contributed by atoms with Crippen LogP contribution in [0.5, 0.6) is 0 Å². The van der Waals surface area contributed by atoms with Gasteiger partial charge in [0.15, 0.2) is 0 Å². The van der Waals surface area contributed by atoms with Crippen LogP contribution in [0, 0.1) is 5.41 Å². The maximum absolute atomic E-state index is 12.3. The van der Waals surface area contributed by atoms with Crippen molar-refractivity contribution >= 4 is 11.8 Å². The predicted octanol–water partition coefficient (Wildman–Crippen LogP) is 1.94. The van der Waals surface area contributed by atoms with Crippen molar-refractivity contribution in [2.24, 2.45) is 5.41 Å². The van der Waals surface area contributed by atoms with E-state index in [0.717, 1.165) is 19.4 Å². The molecule has 1 aliphatic carbocycles. The molecule has 1 aliphatic rings. The molecule has 0 aromatic carbocycles. The van der Waals surface area contributed by atoms with Gasteiger partial charge < -0.3 is 10.2 Å². The maximum atomic E-state index is 12.3. The van der Waals surface area contributed by atoms with Crippen LogP contribution in [0.15, 0.2) is 0 Å². The number of nitrogens with zero attached hydrogens (tertiary/aromatic N) is 1. The Morgan fingerprint density at radius 2 is 1.83 bits per heavy atom. The molecule has 0 spiro atoms. The summed E-state index contributed by atoms with van der Waals surface area (Å²) < 4.78 is 0. The van der Waals surface area contributed by atoms with E-state index < -0.39 is 5.41 Å². The van der Waals surface area contributed by atoms with Crippen LogP contribution in [0.4, 0.5) is 0 Å². The molecule has 0 aromatic rings. The van der Waals surface area contributed by atoms with Gasteiger partial charge in [-0.15, -0.1) is 0 Å². The standard InChI is InChI=1S/C14H26N2O2/c1-6-7-10-16(5)12(18)14(8-9-14)11(17)15-13(2,3)4/h6-10H2,1-5H3,(H,15,17). The second-order valence-electron chi connectivity index (χ2n) is 6.37. The summed E-state index contributed by atoms with van der Waals surface area (Å²) in [7, 11) is 1.79. The zero-order valence-corrected chi connectivity index (χ0v) is 12.3. The third kappa shape index (κ3) is 3.47. The summed E-state index contributed by atoms with van der Waals surface area (Å²) >= 11 is 0. The molecule has 0 radical (unpaired) electrons. The number of unbranched alkanes of at least 4 members (excludes halogenated alkanes) is 1. The summed E-state index contributed by atoms with van der Waals surface area (Å²) in [5.74, 6) is -0.124. The van der Waals surface area contributed by atoms with E-state index in [0.29, 0.717) is 12.8 Å². The molecule has 0 aromatic heterocycles. The molecule has 1 saturated carbocycles. The Labute approximate surface area is 110 Å². The fraction of sp³-hybridized carbons (Fsp3) is 0.857. The van der Waals surface area contributed by atoms with Crippen molar-refractivity contribution in [2.75, 3.05) is 13.6 Å². The average molecular weight is 254 g/mol. The molecule has 0 aliphatic heterocycles. The highest BCUT2D eigenvalue weighted by molar-refractivity contribution is 6.07. The molecule has 2 amide bonds. The van der Waals surface area contributed by atoms with Crippen molar-refractivity contribution in [3.05, 3.63) is 0 Å². The molecule has 4 nitrogen and oxygen atoms in total. The fourth-order valence-electron chi connectivity index (χ4n) is 1.99. The second kappa shape index (κ2) is 5.29. The molecule has 104 valence electrons. The molecule has 0 atom stereocenters. The number of hydrogen-bond donors (Lipinski definition) is 1. The summed E-state index contributed by atoms with van der Waals surface area (Å²) in [4.78, 5) is 26.2. The largest absolute Gasteiger partial charge is 0.351 e. The lowest BCUT2D eigenvalue weighted by molar-refractivity contribution is -0.143. The van der Waals surface area contributed by atoms with Gasteiger partial charge in [0.05, 0.1) is 0 Å². The number of nitrogens with one attached hydrogen (secondary N) is 1. The van der Waals surface area contributed by atoms with Crippen LogP contribution in [-0.4, -0.2) is 35.8 Å². The SMILES string of the molecule is CCCCN(C)C(=O)C1(C(=O)NC(C)(C)C)CC1. The van der Waals surface area contributed by atoms with Gasteiger partial charge >= 0.3 is 0 Å². The van der Waals surface area contributed by atoms with E-state index in [1.54, 1.807) is 11.9 Å². The Kier molecular flexibility index (Phi) is 4.41. The molecule has 4 heteroatoms. The van der Waals surface area contributed by atoms with E-state index in [9.17, 15) is 9.59 Å². The van der Waals surface area contributed by atoms with Gasteiger partial charge in [-0.3, -0.25) is 9.59 Å². The third-order valence-electron chi connectivity index (χ3n) is 3.28. The molecule has 1 fully saturated rings. The first-order valence-electron chi connectivity index (χ1n) is 6.81. The van der Waals surface area contributed by atoms with E-state index in [1.165, 1.54) is 0 Å². The van der Waals surface area contributed by atoms with Crippen LogP contribution >= 0.6 is 0 Å². The topological polar surface area (TPSA) is 49.4 Å². The molecule has 1 rings (SSSR count). The van der Waals surface area contributed by atoms with Gasteiger partial charge in [-0.1, -0.05) is 13.3 Å². The second-order valence-corrected chi connectivity index (χ2v) is 6.37. The summed E-state index contributed by atoms with van der Waals surface area (Å²) in [5.41, 5.74) is -1.05. The lowest BCUT2D eigenvalue weighted by Crippen LogP contribution is -2.49. The Morgan fingerprint density at radius 1 is 1.28 bits per heavy atom. The van der Waals surface area contributed by atoms with Gasteiger partial charge in [-0.2, -0.15) is 0 Å². The summed E-state index contributed by atoms with van der Waals surface area (Å²) in [6.07, 6.45) is 3.41. The highest BCUT2D eigenvalue weighted by Crippen LogP contribution is 2.47. The van der Waals surface area contributed by atoms with Crippen LogP contribution in [0.3, 0.4) is 0 Å². The number of rotatable bonds is 5. The van der Waals surface area contributed by atoms with E-state index >= 15 is 0 Å². The van der Waals surface area contributed by atoms with Gasteiger partial charge in [0.2, 0.25) is 11.8 Å². The molecular formula is C14H26N2O2. The van der Waals surface area contributed by atoms with Crippen molar-refractivity contribution < 1.29 is 9.59 Å². The van der Waals surface area contributed by atoms with Crippen LogP contribution < -0.4 is 5.32 Å². The van der Waals surface area contributed by atoms with Gasteiger partial charge in [0.25, 0.3) is 0 Å². The van der Waals surface area contributed by atoms with E-state index in [-0.39, 0.29) is 17.4 Å². The number of carbonyl (C=O) groups excluding carboxylic acids is 2. The van der Waals surface area contributed by atoms with E-state index in [2.05, 4.69) is 12.2 Å². The molecule has 0 bridgehead atoms. The van der Waals surface area contributed by atoms with Gasteiger partial charge in [0, 0.05) is 19.1 Å². The normalized spacial score (nSPS) is 17.2.